The molecule has 1 N–H and O–H groups in total. The lowest BCUT2D eigenvalue weighted by molar-refractivity contribution is -0.117. The Kier molecular flexibility index (Phi) is 5.49. The summed E-state index contributed by atoms with van der Waals surface area (Å²) in [5.41, 5.74) is 2.23. The number of carbonyl (C=O) groups excluding carboxylic acids is 1. The van der Waals surface area contributed by atoms with Crippen molar-refractivity contribution < 1.29 is 9.53 Å². The van der Waals surface area contributed by atoms with Crippen LogP contribution in [-0.2, 0) is 11.3 Å². The lowest BCUT2D eigenvalue weighted by Crippen LogP contribution is -2.30. The summed E-state index contributed by atoms with van der Waals surface area (Å²) in [6, 6.07) is 11.0. The van der Waals surface area contributed by atoms with Crippen LogP contribution in [0, 0.1) is 0 Å². The number of anilines is 1. The molecule has 9 heteroatoms. The van der Waals surface area contributed by atoms with Gasteiger partial charge in [-0.3, -0.25) is 14.7 Å². The molecule has 0 saturated heterocycles. The van der Waals surface area contributed by atoms with Gasteiger partial charge < -0.3 is 10.1 Å². The van der Waals surface area contributed by atoms with Gasteiger partial charge in [0, 0.05) is 18.8 Å². The normalized spacial score (nSPS) is 10.7. The fourth-order valence-corrected chi connectivity index (χ4v) is 2.46. The van der Waals surface area contributed by atoms with Crippen LogP contribution in [0.2, 0.25) is 0 Å². The lowest BCUT2D eigenvalue weighted by atomic mass is 10.2. The van der Waals surface area contributed by atoms with Crippen LogP contribution in [0.5, 0.6) is 5.75 Å². The van der Waals surface area contributed by atoms with Crippen molar-refractivity contribution in [1.29, 1.82) is 0 Å². The van der Waals surface area contributed by atoms with Crippen molar-refractivity contribution in [2.24, 2.45) is 0 Å². The van der Waals surface area contributed by atoms with Gasteiger partial charge in [-0.25, -0.2) is 4.68 Å². The molecule has 0 spiro atoms. The van der Waals surface area contributed by atoms with E-state index in [2.05, 4.69) is 25.8 Å². The number of hydrogen-bond acceptors (Lipinski definition) is 7. The first-order valence-corrected chi connectivity index (χ1v) is 7.95. The smallest absolute Gasteiger partial charge is 0.238 e. The molecule has 1 aromatic carbocycles. The first-order valence-electron chi connectivity index (χ1n) is 7.95. The highest BCUT2D eigenvalue weighted by Crippen LogP contribution is 2.26. The number of tetrazole rings is 1. The number of methoxy groups -OCH3 is 1. The molecule has 3 rings (SSSR count). The average Bonchev–Trinajstić information content (AvgIpc) is 3.17. The van der Waals surface area contributed by atoms with Crippen LogP contribution in [0.1, 0.15) is 5.69 Å². The van der Waals surface area contributed by atoms with Crippen molar-refractivity contribution in [2.45, 2.75) is 6.54 Å². The molecule has 0 atom stereocenters. The van der Waals surface area contributed by atoms with Crippen LogP contribution in [0.4, 0.5) is 5.69 Å². The Bertz CT molecular complexity index is 853. The van der Waals surface area contributed by atoms with Crippen LogP contribution in [0.25, 0.3) is 5.69 Å². The maximum Gasteiger partial charge on any atom is 0.238 e. The second kappa shape index (κ2) is 8.17. The molecule has 0 bridgehead atoms. The van der Waals surface area contributed by atoms with E-state index in [0.717, 1.165) is 11.4 Å². The van der Waals surface area contributed by atoms with Crippen LogP contribution in [0.3, 0.4) is 0 Å². The number of benzene rings is 1. The Morgan fingerprint density at radius 1 is 1.31 bits per heavy atom. The van der Waals surface area contributed by atoms with Crippen molar-refractivity contribution in [3.05, 3.63) is 54.6 Å². The molecule has 26 heavy (non-hydrogen) atoms. The minimum atomic E-state index is -0.142. The molecular formula is C17H19N7O2. The lowest BCUT2D eigenvalue weighted by Gasteiger charge is -2.17. The van der Waals surface area contributed by atoms with E-state index in [0.29, 0.717) is 18.0 Å². The number of hydrogen-bond donors (Lipinski definition) is 1. The summed E-state index contributed by atoms with van der Waals surface area (Å²) in [5.74, 6) is 0.385. The zero-order chi connectivity index (χ0) is 18.4. The number of nitrogens with one attached hydrogen (secondary N) is 1. The molecule has 3 aromatic rings. The van der Waals surface area contributed by atoms with Crippen LogP contribution in [-0.4, -0.2) is 56.7 Å². The Hall–Kier alpha value is -3.33. The fourth-order valence-electron chi connectivity index (χ4n) is 2.46. The second-order valence-corrected chi connectivity index (χ2v) is 5.68. The maximum atomic E-state index is 12.3. The third kappa shape index (κ3) is 4.39. The van der Waals surface area contributed by atoms with E-state index in [1.54, 1.807) is 31.5 Å². The molecule has 134 valence electrons. The Labute approximate surface area is 150 Å². The standard InChI is InChI=1S/C17H19N7O2/c1-23(10-13-5-3-4-8-18-13)11-17(25)20-15-7-6-14(9-16(15)26-2)24-12-19-21-22-24/h3-9,12H,10-11H2,1-2H3,(H,20,25). The van der Waals surface area contributed by atoms with Gasteiger partial charge >= 0.3 is 0 Å². The Morgan fingerprint density at radius 2 is 2.19 bits per heavy atom. The van der Waals surface area contributed by atoms with E-state index in [1.165, 1.54) is 11.0 Å². The van der Waals surface area contributed by atoms with E-state index in [-0.39, 0.29) is 12.5 Å². The van der Waals surface area contributed by atoms with Gasteiger partial charge in [-0.15, -0.1) is 5.10 Å². The van der Waals surface area contributed by atoms with Gasteiger partial charge in [0.1, 0.15) is 12.1 Å². The number of carbonyl (C=O) groups is 1. The molecular weight excluding hydrogens is 334 g/mol. The summed E-state index contributed by atoms with van der Waals surface area (Å²) in [6.45, 7) is 0.818. The van der Waals surface area contributed by atoms with Crippen LogP contribution < -0.4 is 10.1 Å². The molecule has 1 amide bonds. The number of nitrogens with zero attached hydrogens (tertiary/aromatic N) is 6. The van der Waals surface area contributed by atoms with E-state index in [4.69, 9.17) is 4.74 Å². The van der Waals surface area contributed by atoms with Crippen molar-refractivity contribution in [3.63, 3.8) is 0 Å². The van der Waals surface area contributed by atoms with Gasteiger partial charge in [-0.1, -0.05) is 6.07 Å². The predicted octanol–water partition coefficient (Wildman–Crippen LogP) is 1.14. The van der Waals surface area contributed by atoms with Gasteiger partial charge in [-0.05, 0) is 41.7 Å². The first-order chi connectivity index (χ1) is 12.7. The van der Waals surface area contributed by atoms with Gasteiger partial charge in [0.05, 0.1) is 30.7 Å². The van der Waals surface area contributed by atoms with Gasteiger partial charge in [0.2, 0.25) is 5.91 Å². The Balaban J connectivity index is 1.63. The molecule has 0 fully saturated rings. The van der Waals surface area contributed by atoms with Gasteiger partial charge in [0.15, 0.2) is 0 Å². The topological polar surface area (TPSA) is 98.1 Å². The highest BCUT2D eigenvalue weighted by molar-refractivity contribution is 5.93. The SMILES string of the molecule is COc1cc(-n2cnnn2)ccc1NC(=O)CN(C)Cc1ccccn1. The molecule has 0 aliphatic rings. The van der Waals surface area contributed by atoms with Crippen LogP contribution >= 0.6 is 0 Å². The number of pyridine rings is 1. The molecule has 2 aromatic heterocycles. The first kappa shape index (κ1) is 17.5. The zero-order valence-electron chi connectivity index (χ0n) is 14.5. The van der Waals surface area contributed by atoms with Crippen LogP contribution in [0.15, 0.2) is 48.9 Å². The summed E-state index contributed by atoms with van der Waals surface area (Å²) < 4.78 is 6.87. The maximum absolute atomic E-state index is 12.3. The molecule has 2 heterocycles. The number of ether oxygens (including phenoxy) is 1. The minimum Gasteiger partial charge on any atom is -0.494 e. The number of amides is 1. The quantitative estimate of drug-likeness (QED) is 0.680. The highest BCUT2D eigenvalue weighted by Gasteiger charge is 2.12. The predicted molar refractivity (Wildman–Crippen MR) is 94.9 cm³/mol. The molecule has 9 nitrogen and oxygen atoms in total. The number of rotatable bonds is 7. The second-order valence-electron chi connectivity index (χ2n) is 5.68. The summed E-state index contributed by atoms with van der Waals surface area (Å²) in [5, 5.41) is 13.9. The molecule has 0 radical (unpaired) electrons. The third-order valence-corrected chi connectivity index (χ3v) is 3.64. The monoisotopic (exact) mass is 353 g/mol. The van der Waals surface area contributed by atoms with Gasteiger partial charge in [0.25, 0.3) is 0 Å². The molecule has 0 unspecified atom stereocenters. The van der Waals surface area contributed by atoms with Crippen molar-refractivity contribution in [2.75, 3.05) is 26.0 Å². The third-order valence-electron chi connectivity index (χ3n) is 3.64. The molecule has 0 aliphatic carbocycles. The fraction of sp³-hybridized carbons (Fsp3) is 0.235. The van der Waals surface area contributed by atoms with Crippen molar-refractivity contribution in [1.82, 2.24) is 30.1 Å². The van der Waals surface area contributed by atoms with Crippen molar-refractivity contribution in [3.8, 4) is 11.4 Å². The zero-order valence-corrected chi connectivity index (χ0v) is 14.5. The van der Waals surface area contributed by atoms with Gasteiger partial charge in [-0.2, -0.15) is 0 Å². The number of aromatic nitrogens is 5. The molecule has 0 aliphatic heterocycles. The summed E-state index contributed by atoms with van der Waals surface area (Å²) >= 11 is 0. The van der Waals surface area contributed by atoms with Crippen molar-refractivity contribution >= 4 is 11.6 Å². The van der Waals surface area contributed by atoms with E-state index in [9.17, 15) is 4.79 Å². The largest absolute Gasteiger partial charge is 0.494 e. The van der Waals surface area contributed by atoms with E-state index in [1.807, 2.05) is 30.1 Å². The summed E-state index contributed by atoms with van der Waals surface area (Å²) in [7, 11) is 3.41. The summed E-state index contributed by atoms with van der Waals surface area (Å²) in [6.07, 6.45) is 3.22. The van der Waals surface area contributed by atoms with E-state index >= 15 is 0 Å². The Morgan fingerprint density at radius 3 is 2.88 bits per heavy atom. The summed E-state index contributed by atoms with van der Waals surface area (Å²) in [4.78, 5) is 18.5. The number of likely N-dealkylation sites (N-methyl/N-ethyl adjacent to an activating group) is 1. The highest BCUT2D eigenvalue weighted by atomic mass is 16.5. The minimum absolute atomic E-state index is 0.142. The van der Waals surface area contributed by atoms with E-state index < -0.39 is 0 Å². The average molecular weight is 353 g/mol. The molecule has 0 saturated carbocycles.